The molecule has 0 saturated heterocycles. The summed E-state index contributed by atoms with van der Waals surface area (Å²) in [4.78, 5) is 12.7. The SMILES string of the molecule is COc1ccc(S(=O)(=O)N(CC(=O)Nc2ccc(S(=O)(=O)Nc3cc(Cl)cc(Cl)c3)cc2)c2ccc(F)cc2)cc1OC. The van der Waals surface area contributed by atoms with E-state index in [4.69, 9.17) is 32.7 Å². The summed E-state index contributed by atoms with van der Waals surface area (Å²) in [6, 6.07) is 17.9. The van der Waals surface area contributed by atoms with Gasteiger partial charge in [-0.25, -0.2) is 21.2 Å². The Morgan fingerprint density at radius 1 is 0.767 bits per heavy atom. The summed E-state index contributed by atoms with van der Waals surface area (Å²) in [6.07, 6.45) is 0. The van der Waals surface area contributed by atoms with Crippen LogP contribution >= 0.6 is 23.2 Å². The Kier molecular flexibility index (Phi) is 9.70. The molecule has 2 N–H and O–H groups in total. The predicted molar refractivity (Wildman–Crippen MR) is 163 cm³/mol. The van der Waals surface area contributed by atoms with E-state index >= 15 is 0 Å². The third-order valence-electron chi connectivity index (χ3n) is 5.91. The number of hydrogen-bond donors (Lipinski definition) is 2. The highest BCUT2D eigenvalue weighted by Gasteiger charge is 2.28. The van der Waals surface area contributed by atoms with Crippen molar-refractivity contribution in [2.24, 2.45) is 0 Å². The molecule has 0 spiro atoms. The minimum atomic E-state index is -4.37. The van der Waals surface area contributed by atoms with Crippen molar-refractivity contribution in [2.75, 3.05) is 35.1 Å². The van der Waals surface area contributed by atoms with Crippen LogP contribution in [0.3, 0.4) is 0 Å². The van der Waals surface area contributed by atoms with Gasteiger partial charge in [0.2, 0.25) is 5.91 Å². The van der Waals surface area contributed by atoms with Crippen molar-refractivity contribution in [1.82, 2.24) is 0 Å². The number of benzene rings is 4. The molecule has 10 nitrogen and oxygen atoms in total. The van der Waals surface area contributed by atoms with Crippen LogP contribution in [0.5, 0.6) is 11.5 Å². The molecule has 4 aromatic rings. The zero-order valence-electron chi connectivity index (χ0n) is 22.5. The highest BCUT2D eigenvalue weighted by Crippen LogP contribution is 2.32. The van der Waals surface area contributed by atoms with Crippen LogP contribution in [0.4, 0.5) is 21.5 Å². The smallest absolute Gasteiger partial charge is 0.264 e. The molecule has 226 valence electrons. The number of rotatable bonds is 11. The number of ether oxygens (including phenoxy) is 2. The lowest BCUT2D eigenvalue weighted by molar-refractivity contribution is -0.114. The molecule has 0 bridgehead atoms. The van der Waals surface area contributed by atoms with E-state index < -0.39 is 38.3 Å². The Morgan fingerprint density at radius 3 is 1.93 bits per heavy atom. The normalized spacial score (nSPS) is 11.5. The Bertz CT molecular complexity index is 1840. The Morgan fingerprint density at radius 2 is 1.35 bits per heavy atom. The summed E-state index contributed by atoms with van der Waals surface area (Å²) in [5.41, 5.74) is 0.378. The first-order valence-electron chi connectivity index (χ1n) is 12.2. The third-order valence-corrected chi connectivity index (χ3v) is 9.51. The number of carbonyl (C=O) groups is 1. The number of nitrogens with one attached hydrogen (secondary N) is 2. The Hall–Kier alpha value is -4.04. The molecule has 0 unspecified atom stereocenters. The van der Waals surface area contributed by atoms with Gasteiger partial charge in [0.1, 0.15) is 12.4 Å². The highest BCUT2D eigenvalue weighted by atomic mass is 35.5. The summed E-state index contributed by atoms with van der Waals surface area (Å²) in [7, 11) is -5.65. The van der Waals surface area contributed by atoms with E-state index in [9.17, 15) is 26.0 Å². The first-order valence-corrected chi connectivity index (χ1v) is 15.9. The molecule has 0 heterocycles. The molecular weight excluding hydrogens is 644 g/mol. The lowest BCUT2D eigenvalue weighted by Gasteiger charge is -2.24. The zero-order chi connectivity index (χ0) is 31.4. The first-order chi connectivity index (χ1) is 20.3. The quantitative estimate of drug-likeness (QED) is 0.207. The third kappa shape index (κ3) is 7.68. The summed E-state index contributed by atoms with van der Waals surface area (Å²) >= 11 is 11.9. The molecule has 0 aliphatic rings. The topological polar surface area (TPSA) is 131 Å². The van der Waals surface area contributed by atoms with Gasteiger partial charge in [0, 0.05) is 21.8 Å². The van der Waals surface area contributed by atoms with Crippen LogP contribution in [0, 0.1) is 5.82 Å². The van der Waals surface area contributed by atoms with E-state index in [-0.39, 0.29) is 42.6 Å². The molecule has 0 fully saturated rings. The van der Waals surface area contributed by atoms with Crippen LogP contribution < -0.4 is 23.8 Å². The summed E-state index contributed by atoms with van der Waals surface area (Å²) < 4.78 is 80.2. The average Bonchev–Trinajstić information content (AvgIpc) is 2.95. The van der Waals surface area contributed by atoms with E-state index in [1.807, 2.05) is 0 Å². The molecule has 0 aliphatic heterocycles. The first kappa shape index (κ1) is 31.9. The molecule has 1 amide bonds. The molecule has 0 radical (unpaired) electrons. The summed E-state index contributed by atoms with van der Waals surface area (Å²) in [6.45, 7) is -0.695. The van der Waals surface area contributed by atoms with Crippen molar-refractivity contribution >= 4 is 66.2 Å². The minimum Gasteiger partial charge on any atom is -0.493 e. The number of methoxy groups -OCH3 is 2. The van der Waals surface area contributed by atoms with Gasteiger partial charge in [0.05, 0.1) is 35.4 Å². The zero-order valence-corrected chi connectivity index (χ0v) is 25.7. The molecular formula is C28H24Cl2FN3O7S2. The van der Waals surface area contributed by atoms with Crippen LogP contribution in [0.15, 0.2) is 94.7 Å². The minimum absolute atomic E-state index is 0.0277. The largest absolute Gasteiger partial charge is 0.493 e. The lowest BCUT2D eigenvalue weighted by Crippen LogP contribution is -2.38. The molecule has 4 rings (SSSR count). The number of anilines is 3. The van der Waals surface area contributed by atoms with Gasteiger partial charge in [-0.15, -0.1) is 0 Å². The van der Waals surface area contributed by atoms with E-state index in [1.165, 1.54) is 87.0 Å². The van der Waals surface area contributed by atoms with Gasteiger partial charge in [-0.3, -0.25) is 13.8 Å². The maximum Gasteiger partial charge on any atom is 0.264 e. The van der Waals surface area contributed by atoms with Crippen LogP contribution in [0.1, 0.15) is 0 Å². The van der Waals surface area contributed by atoms with Gasteiger partial charge in [0.15, 0.2) is 11.5 Å². The number of nitrogens with zero attached hydrogens (tertiary/aromatic N) is 1. The van der Waals surface area contributed by atoms with E-state index in [0.717, 1.165) is 16.4 Å². The monoisotopic (exact) mass is 667 g/mol. The van der Waals surface area contributed by atoms with Gasteiger partial charge in [-0.05, 0) is 78.9 Å². The fourth-order valence-electron chi connectivity index (χ4n) is 3.90. The van der Waals surface area contributed by atoms with Crippen molar-refractivity contribution in [3.05, 3.63) is 101 Å². The van der Waals surface area contributed by atoms with E-state index in [1.54, 1.807) is 0 Å². The molecule has 0 atom stereocenters. The molecule has 0 aromatic heterocycles. The van der Waals surface area contributed by atoms with Gasteiger partial charge in [-0.1, -0.05) is 23.2 Å². The number of sulfonamides is 2. The van der Waals surface area contributed by atoms with Crippen molar-refractivity contribution in [1.29, 1.82) is 0 Å². The fraction of sp³-hybridized carbons (Fsp3) is 0.107. The van der Waals surface area contributed by atoms with Crippen LogP contribution in [0.25, 0.3) is 0 Å². The van der Waals surface area contributed by atoms with Crippen LogP contribution in [-0.4, -0.2) is 43.5 Å². The van der Waals surface area contributed by atoms with E-state index in [0.29, 0.717) is 5.75 Å². The van der Waals surface area contributed by atoms with Gasteiger partial charge >= 0.3 is 0 Å². The van der Waals surface area contributed by atoms with Crippen molar-refractivity contribution < 1.29 is 35.5 Å². The predicted octanol–water partition coefficient (Wildman–Crippen LogP) is 5.78. The standard InChI is InChI=1S/C28H24Cl2FN3O7S2/c1-40-26-12-11-25(16-27(26)41-2)43(38,39)34(23-7-3-20(31)4-8-23)17-28(35)32-21-5-9-24(10-6-21)42(36,37)33-22-14-18(29)13-19(30)15-22/h3-16,33H,17H2,1-2H3,(H,32,35). The summed E-state index contributed by atoms with van der Waals surface area (Å²) in [5.74, 6) is -0.907. The second-order valence-corrected chi connectivity index (χ2v) is 13.3. The maximum absolute atomic E-state index is 13.7. The van der Waals surface area contributed by atoms with Crippen molar-refractivity contribution in [3.63, 3.8) is 0 Å². The fourth-order valence-corrected chi connectivity index (χ4v) is 6.91. The molecule has 4 aromatic carbocycles. The van der Waals surface area contributed by atoms with Crippen molar-refractivity contribution in [3.8, 4) is 11.5 Å². The van der Waals surface area contributed by atoms with E-state index in [2.05, 4.69) is 10.0 Å². The number of carbonyl (C=O) groups excluding carboxylic acids is 1. The number of halogens is 3. The maximum atomic E-state index is 13.7. The molecule has 15 heteroatoms. The highest BCUT2D eigenvalue weighted by molar-refractivity contribution is 7.93. The molecule has 0 aliphatic carbocycles. The molecule has 43 heavy (non-hydrogen) atoms. The van der Waals surface area contributed by atoms with Crippen LogP contribution in [0.2, 0.25) is 10.0 Å². The van der Waals surface area contributed by atoms with Gasteiger partial charge < -0.3 is 14.8 Å². The number of amides is 1. The summed E-state index contributed by atoms with van der Waals surface area (Å²) in [5, 5.41) is 3.03. The Labute approximate surface area is 258 Å². The van der Waals surface area contributed by atoms with Crippen LogP contribution in [-0.2, 0) is 24.8 Å². The number of hydrogen-bond acceptors (Lipinski definition) is 7. The molecule has 0 saturated carbocycles. The van der Waals surface area contributed by atoms with Gasteiger partial charge in [0.25, 0.3) is 20.0 Å². The van der Waals surface area contributed by atoms with Gasteiger partial charge in [-0.2, -0.15) is 0 Å². The second kappa shape index (κ2) is 13.1. The van der Waals surface area contributed by atoms with Crippen molar-refractivity contribution in [2.45, 2.75) is 9.79 Å². The lowest BCUT2D eigenvalue weighted by atomic mass is 10.3. The Balaban J connectivity index is 1.56. The second-order valence-electron chi connectivity index (χ2n) is 8.84. The average molecular weight is 669 g/mol.